The van der Waals surface area contributed by atoms with E-state index < -0.39 is 17.6 Å². The number of nitrogens with zero attached hydrogens (tertiary/aromatic N) is 3. The van der Waals surface area contributed by atoms with E-state index >= 15 is 0 Å². The Morgan fingerprint density at radius 2 is 1.93 bits per heavy atom. The van der Waals surface area contributed by atoms with E-state index in [1.165, 1.54) is 0 Å². The summed E-state index contributed by atoms with van der Waals surface area (Å²) in [5.41, 5.74) is 0.836. The maximum absolute atomic E-state index is 13.6. The molecule has 1 saturated carbocycles. The van der Waals surface area contributed by atoms with Crippen LogP contribution in [0.5, 0.6) is 0 Å². The Labute approximate surface area is 165 Å². The number of amides is 1. The standard InChI is InChI=1S/C22H27N3O3/c1-14-23-12-11-16(24-14)21(28)25-17(15-7-4-3-5-8-15)13-22(2)19(25)10-6-9-18(26)20(22)27/h3-5,7-8,11-12,17-20,26-27H,6,9-10,13H2,1-2H3/t17-,18-,19-,20-,22-/m1/s1. The highest BCUT2D eigenvalue weighted by molar-refractivity contribution is 5.93. The lowest BCUT2D eigenvalue weighted by atomic mass is 9.74. The predicted octanol–water partition coefficient (Wildman–Crippen LogP) is 2.65. The van der Waals surface area contributed by atoms with Crippen molar-refractivity contribution in [3.05, 3.63) is 59.7 Å². The van der Waals surface area contributed by atoms with Crippen LogP contribution in [0.3, 0.4) is 0 Å². The summed E-state index contributed by atoms with van der Waals surface area (Å²) in [6.07, 6.45) is 2.66. The summed E-state index contributed by atoms with van der Waals surface area (Å²) in [4.78, 5) is 23.9. The van der Waals surface area contributed by atoms with Gasteiger partial charge in [0.05, 0.1) is 18.2 Å². The molecule has 1 amide bonds. The Hall–Kier alpha value is -2.31. The van der Waals surface area contributed by atoms with Crippen molar-refractivity contribution in [2.24, 2.45) is 5.41 Å². The van der Waals surface area contributed by atoms with Gasteiger partial charge in [0.15, 0.2) is 0 Å². The number of hydrogen-bond donors (Lipinski definition) is 2. The summed E-state index contributed by atoms with van der Waals surface area (Å²) in [5.74, 6) is 0.414. The number of rotatable bonds is 2. The lowest BCUT2D eigenvalue weighted by molar-refractivity contribution is -0.0613. The Morgan fingerprint density at radius 1 is 1.18 bits per heavy atom. The highest BCUT2D eigenvalue weighted by Crippen LogP contribution is 2.53. The molecule has 5 atom stereocenters. The number of fused-ring (bicyclic) bond motifs is 1. The van der Waals surface area contributed by atoms with Gasteiger partial charge in [-0.2, -0.15) is 0 Å². The van der Waals surface area contributed by atoms with Crippen LogP contribution >= 0.6 is 0 Å². The second-order valence-corrected chi connectivity index (χ2v) is 8.30. The molecule has 1 aromatic heterocycles. The molecule has 2 aliphatic rings. The summed E-state index contributed by atoms with van der Waals surface area (Å²) >= 11 is 0. The van der Waals surface area contributed by atoms with Gasteiger partial charge in [0.1, 0.15) is 11.5 Å². The molecule has 0 spiro atoms. The van der Waals surface area contributed by atoms with E-state index in [0.29, 0.717) is 24.4 Å². The van der Waals surface area contributed by atoms with Crippen molar-refractivity contribution in [1.82, 2.24) is 14.9 Å². The Kier molecular flexibility index (Phi) is 4.93. The van der Waals surface area contributed by atoms with Crippen LogP contribution in [0.2, 0.25) is 0 Å². The summed E-state index contributed by atoms with van der Waals surface area (Å²) in [5, 5.41) is 21.4. The number of hydrogen-bond acceptors (Lipinski definition) is 5. The Bertz CT molecular complexity index is 859. The van der Waals surface area contributed by atoms with Crippen molar-refractivity contribution in [2.75, 3.05) is 0 Å². The fraction of sp³-hybridized carbons (Fsp3) is 0.500. The summed E-state index contributed by atoms with van der Waals surface area (Å²) in [7, 11) is 0. The van der Waals surface area contributed by atoms with Gasteiger partial charge < -0.3 is 15.1 Å². The first-order chi connectivity index (χ1) is 13.4. The molecule has 1 aliphatic carbocycles. The van der Waals surface area contributed by atoms with Crippen LogP contribution in [0, 0.1) is 12.3 Å². The molecule has 0 unspecified atom stereocenters. The third-order valence-corrected chi connectivity index (χ3v) is 6.50. The first-order valence-corrected chi connectivity index (χ1v) is 9.95. The van der Waals surface area contributed by atoms with Gasteiger partial charge in [-0.05, 0) is 44.2 Å². The lowest BCUT2D eigenvalue weighted by Crippen LogP contribution is -2.49. The zero-order chi connectivity index (χ0) is 19.9. The average Bonchev–Trinajstić information content (AvgIpc) is 2.95. The second-order valence-electron chi connectivity index (χ2n) is 8.30. The molecule has 1 aromatic carbocycles. The molecular formula is C22H27N3O3. The minimum atomic E-state index is -0.865. The monoisotopic (exact) mass is 381 g/mol. The molecule has 2 N–H and O–H groups in total. The van der Waals surface area contributed by atoms with Crippen LogP contribution in [0.25, 0.3) is 0 Å². The third-order valence-electron chi connectivity index (χ3n) is 6.50. The van der Waals surface area contributed by atoms with Crippen LogP contribution in [-0.4, -0.2) is 49.2 Å². The van der Waals surface area contributed by atoms with Crippen LogP contribution < -0.4 is 0 Å². The maximum atomic E-state index is 13.6. The predicted molar refractivity (Wildman–Crippen MR) is 104 cm³/mol. The smallest absolute Gasteiger partial charge is 0.273 e. The Morgan fingerprint density at radius 3 is 2.64 bits per heavy atom. The van der Waals surface area contributed by atoms with E-state index in [9.17, 15) is 15.0 Å². The topological polar surface area (TPSA) is 86.6 Å². The number of benzene rings is 1. The SMILES string of the molecule is Cc1nccc(C(=O)N2[C@@H](c3ccccc3)C[C@@]3(C)[C@H](O)[C@H](O)CCC[C@@H]23)n1. The van der Waals surface area contributed by atoms with E-state index in [-0.39, 0.29) is 18.0 Å². The molecule has 2 aromatic rings. The number of carbonyl (C=O) groups excluding carboxylic acids is 1. The van der Waals surface area contributed by atoms with Crippen molar-refractivity contribution in [3.63, 3.8) is 0 Å². The van der Waals surface area contributed by atoms with Crippen LogP contribution in [0.15, 0.2) is 42.6 Å². The van der Waals surface area contributed by atoms with Crippen molar-refractivity contribution in [1.29, 1.82) is 0 Å². The average molecular weight is 381 g/mol. The van der Waals surface area contributed by atoms with Gasteiger partial charge in [-0.15, -0.1) is 0 Å². The van der Waals surface area contributed by atoms with E-state index in [1.54, 1.807) is 19.2 Å². The number of carbonyl (C=O) groups is 1. The molecule has 6 heteroatoms. The molecule has 148 valence electrons. The molecule has 28 heavy (non-hydrogen) atoms. The number of aryl methyl sites for hydroxylation is 1. The van der Waals surface area contributed by atoms with Crippen molar-refractivity contribution in [2.45, 2.75) is 63.8 Å². The molecule has 1 saturated heterocycles. The summed E-state index contributed by atoms with van der Waals surface area (Å²) in [6, 6.07) is 11.3. The first kappa shape index (κ1) is 19.0. The van der Waals surface area contributed by atoms with E-state index in [2.05, 4.69) is 9.97 Å². The van der Waals surface area contributed by atoms with Gasteiger partial charge in [-0.3, -0.25) is 4.79 Å². The van der Waals surface area contributed by atoms with Gasteiger partial charge >= 0.3 is 0 Å². The molecule has 6 nitrogen and oxygen atoms in total. The highest BCUT2D eigenvalue weighted by atomic mass is 16.3. The molecule has 0 radical (unpaired) electrons. The minimum Gasteiger partial charge on any atom is -0.390 e. The molecule has 0 bridgehead atoms. The van der Waals surface area contributed by atoms with Crippen molar-refractivity contribution >= 4 is 5.91 Å². The van der Waals surface area contributed by atoms with Crippen LogP contribution in [0.4, 0.5) is 0 Å². The Balaban J connectivity index is 1.80. The third kappa shape index (κ3) is 3.10. The fourth-order valence-corrected chi connectivity index (χ4v) is 5.03. The highest BCUT2D eigenvalue weighted by Gasteiger charge is 2.57. The number of aromatic nitrogens is 2. The van der Waals surface area contributed by atoms with Crippen molar-refractivity contribution in [3.8, 4) is 0 Å². The quantitative estimate of drug-likeness (QED) is 0.835. The molecule has 2 fully saturated rings. The molecular weight excluding hydrogens is 354 g/mol. The second kappa shape index (κ2) is 7.26. The molecule has 1 aliphatic heterocycles. The molecule has 2 heterocycles. The normalized spacial score (nSPS) is 32.6. The van der Waals surface area contributed by atoms with Gasteiger partial charge in [-0.25, -0.2) is 9.97 Å². The van der Waals surface area contributed by atoms with Crippen LogP contribution in [-0.2, 0) is 0 Å². The number of aliphatic hydroxyl groups excluding tert-OH is 2. The zero-order valence-corrected chi connectivity index (χ0v) is 16.3. The van der Waals surface area contributed by atoms with E-state index in [4.69, 9.17) is 0 Å². The van der Waals surface area contributed by atoms with Crippen molar-refractivity contribution < 1.29 is 15.0 Å². The number of aliphatic hydroxyl groups is 2. The van der Waals surface area contributed by atoms with Gasteiger partial charge in [0, 0.05) is 17.7 Å². The summed E-state index contributed by atoms with van der Waals surface area (Å²) in [6.45, 7) is 3.77. The van der Waals surface area contributed by atoms with E-state index in [0.717, 1.165) is 18.4 Å². The van der Waals surface area contributed by atoms with Crippen LogP contribution in [0.1, 0.15) is 60.5 Å². The largest absolute Gasteiger partial charge is 0.390 e. The van der Waals surface area contributed by atoms with Gasteiger partial charge in [0.25, 0.3) is 5.91 Å². The zero-order valence-electron chi connectivity index (χ0n) is 16.3. The first-order valence-electron chi connectivity index (χ1n) is 9.95. The fourth-order valence-electron chi connectivity index (χ4n) is 5.03. The summed E-state index contributed by atoms with van der Waals surface area (Å²) < 4.78 is 0. The van der Waals surface area contributed by atoms with E-state index in [1.807, 2.05) is 42.2 Å². The van der Waals surface area contributed by atoms with Gasteiger partial charge in [0.2, 0.25) is 0 Å². The van der Waals surface area contributed by atoms with Gasteiger partial charge in [-0.1, -0.05) is 37.3 Å². The molecule has 4 rings (SSSR count). The lowest BCUT2D eigenvalue weighted by Gasteiger charge is -2.38. The minimum absolute atomic E-state index is 0.142. The number of likely N-dealkylation sites (tertiary alicyclic amines) is 1. The maximum Gasteiger partial charge on any atom is 0.273 e.